The number of fused-ring (bicyclic) bond motifs is 2. The van der Waals surface area contributed by atoms with E-state index in [1.54, 1.807) is 6.92 Å². The lowest BCUT2D eigenvalue weighted by Crippen LogP contribution is -2.45. The molecular formula is C14H20O4. The standard InChI is InChI=1S/C14H20O4/c1-9(15)14-5-11(4-13(17)7-14)3-12(6-14)8-18-10(2)16/h11-12H,3-8H2,1-2H3. The van der Waals surface area contributed by atoms with Crippen LogP contribution in [-0.2, 0) is 19.1 Å². The molecule has 2 rings (SSSR count). The molecule has 0 aromatic rings. The fourth-order valence-corrected chi connectivity index (χ4v) is 3.67. The fraction of sp³-hybridized carbons (Fsp3) is 0.786. The Kier molecular flexibility index (Phi) is 3.55. The van der Waals surface area contributed by atoms with E-state index in [4.69, 9.17) is 4.74 Å². The van der Waals surface area contributed by atoms with Gasteiger partial charge in [-0.3, -0.25) is 14.4 Å². The number of Topliss-reactive ketones (excluding diaryl/α,β-unsaturated/α-hetero) is 2. The van der Waals surface area contributed by atoms with Gasteiger partial charge in [0, 0.05) is 25.2 Å². The van der Waals surface area contributed by atoms with E-state index in [-0.39, 0.29) is 23.5 Å². The smallest absolute Gasteiger partial charge is 0.302 e. The quantitative estimate of drug-likeness (QED) is 0.720. The molecule has 18 heavy (non-hydrogen) atoms. The predicted octanol–water partition coefficient (Wildman–Crippen LogP) is 1.90. The molecule has 4 heteroatoms. The van der Waals surface area contributed by atoms with Crippen molar-refractivity contribution in [2.24, 2.45) is 17.3 Å². The van der Waals surface area contributed by atoms with E-state index < -0.39 is 5.41 Å². The lowest BCUT2D eigenvalue weighted by atomic mass is 9.57. The second-order valence-electron chi connectivity index (χ2n) is 5.93. The van der Waals surface area contributed by atoms with Crippen molar-refractivity contribution in [3.8, 4) is 0 Å². The van der Waals surface area contributed by atoms with Crippen LogP contribution in [0.3, 0.4) is 0 Å². The molecular weight excluding hydrogens is 232 g/mol. The molecule has 0 aromatic heterocycles. The molecule has 4 nitrogen and oxygen atoms in total. The number of ketones is 2. The minimum absolute atomic E-state index is 0.119. The monoisotopic (exact) mass is 252 g/mol. The van der Waals surface area contributed by atoms with E-state index in [0.717, 1.165) is 12.8 Å². The van der Waals surface area contributed by atoms with Crippen LogP contribution in [0.4, 0.5) is 0 Å². The normalized spacial score (nSPS) is 35.1. The molecule has 0 N–H and O–H groups in total. The van der Waals surface area contributed by atoms with Gasteiger partial charge < -0.3 is 4.74 Å². The van der Waals surface area contributed by atoms with Crippen LogP contribution in [0.5, 0.6) is 0 Å². The van der Waals surface area contributed by atoms with E-state index in [1.807, 2.05) is 0 Å². The Morgan fingerprint density at radius 1 is 1.33 bits per heavy atom. The number of carbonyl (C=O) groups is 3. The molecule has 2 aliphatic rings. The van der Waals surface area contributed by atoms with Gasteiger partial charge in [-0.05, 0) is 38.0 Å². The number of esters is 1. The molecule has 0 radical (unpaired) electrons. The zero-order valence-electron chi connectivity index (χ0n) is 11.0. The summed E-state index contributed by atoms with van der Waals surface area (Å²) in [5.41, 5.74) is -0.469. The Labute approximate surface area is 107 Å². The van der Waals surface area contributed by atoms with Crippen LogP contribution in [-0.4, -0.2) is 24.1 Å². The van der Waals surface area contributed by atoms with Crippen molar-refractivity contribution in [3.63, 3.8) is 0 Å². The van der Waals surface area contributed by atoms with Gasteiger partial charge >= 0.3 is 5.97 Å². The number of carbonyl (C=O) groups excluding carboxylic acids is 3. The average Bonchev–Trinajstić information content (AvgIpc) is 2.24. The van der Waals surface area contributed by atoms with Crippen LogP contribution in [0.1, 0.15) is 46.0 Å². The van der Waals surface area contributed by atoms with Gasteiger partial charge in [-0.15, -0.1) is 0 Å². The molecule has 2 fully saturated rings. The predicted molar refractivity (Wildman–Crippen MR) is 64.8 cm³/mol. The summed E-state index contributed by atoms with van der Waals surface area (Å²) in [5, 5.41) is 0. The maximum atomic E-state index is 11.9. The molecule has 0 heterocycles. The Morgan fingerprint density at radius 2 is 2.06 bits per heavy atom. The number of ether oxygens (including phenoxy) is 1. The van der Waals surface area contributed by atoms with Crippen LogP contribution >= 0.6 is 0 Å². The first-order valence-corrected chi connectivity index (χ1v) is 6.57. The molecule has 2 saturated carbocycles. The van der Waals surface area contributed by atoms with Crippen molar-refractivity contribution in [1.82, 2.24) is 0 Å². The van der Waals surface area contributed by atoms with E-state index in [0.29, 0.717) is 31.8 Å². The summed E-state index contributed by atoms with van der Waals surface area (Å²) in [6, 6.07) is 0. The van der Waals surface area contributed by atoms with Crippen LogP contribution < -0.4 is 0 Å². The third kappa shape index (κ3) is 2.62. The molecule has 100 valence electrons. The Balaban J connectivity index is 2.09. The minimum atomic E-state index is -0.469. The molecule has 3 atom stereocenters. The first kappa shape index (κ1) is 13.2. The van der Waals surface area contributed by atoms with Gasteiger partial charge in [-0.25, -0.2) is 0 Å². The third-order valence-electron chi connectivity index (χ3n) is 4.35. The van der Waals surface area contributed by atoms with E-state index in [1.165, 1.54) is 6.92 Å². The maximum Gasteiger partial charge on any atom is 0.302 e. The second-order valence-corrected chi connectivity index (χ2v) is 5.93. The summed E-state index contributed by atoms with van der Waals surface area (Å²) in [4.78, 5) is 34.5. The van der Waals surface area contributed by atoms with E-state index in [2.05, 4.69) is 0 Å². The zero-order valence-corrected chi connectivity index (χ0v) is 11.0. The van der Waals surface area contributed by atoms with Crippen LogP contribution in [0.25, 0.3) is 0 Å². The topological polar surface area (TPSA) is 60.4 Å². The molecule has 0 saturated heterocycles. The zero-order chi connectivity index (χ0) is 13.3. The summed E-state index contributed by atoms with van der Waals surface area (Å²) in [6.07, 6.45) is 3.40. The van der Waals surface area contributed by atoms with Gasteiger partial charge in [0.05, 0.1) is 6.61 Å². The summed E-state index contributed by atoms with van der Waals surface area (Å²) >= 11 is 0. The number of rotatable bonds is 3. The summed E-state index contributed by atoms with van der Waals surface area (Å²) in [7, 11) is 0. The van der Waals surface area contributed by atoms with Crippen molar-refractivity contribution < 1.29 is 19.1 Å². The lowest BCUT2D eigenvalue weighted by molar-refractivity contribution is -0.148. The van der Waals surface area contributed by atoms with Crippen LogP contribution in [0.15, 0.2) is 0 Å². The van der Waals surface area contributed by atoms with Gasteiger partial charge in [-0.1, -0.05) is 0 Å². The SMILES string of the molecule is CC(=O)OCC1CC2CC(=O)CC(C(C)=O)(C1)C2. The minimum Gasteiger partial charge on any atom is -0.466 e. The molecule has 0 amide bonds. The summed E-state index contributed by atoms with van der Waals surface area (Å²) in [5.74, 6) is 0.577. The first-order chi connectivity index (χ1) is 8.41. The highest BCUT2D eigenvalue weighted by atomic mass is 16.5. The molecule has 0 aromatic carbocycles. The van der Waals surface area contributed by atoms with Gasteiger partial charge in [-0.2, -0.15) is 0 Å². The van der Waals surface area contributed by atoms with Gasteiger partial charge in [0.25, 0.3) is 0 Å². The lowest BCUT2D eigenvalue weighted by Gasteiger charge is -2.46. The molecule has 0 aliphatic heterocycles. The average molecular weight is 252 g/mol. The van der Waals surface area contributed by atoms with Gasteiger partial charge in [0.1, 0.15) is 11.6 Å². The van der Waals surface area contributed by atoms with E-state index in [9.17, 15) is 14.4 Å². The van der Waals surface area contributed by atoms with Crippen molar-refractivity contribution in [2.45, 2.75) is 46.0 Å². The highest BCUT2D eigenvalue weighted by Gasteiger charge is 2.48. The van der Waals surface area contributed by atoms with Crippen molar-refractivity contribution in [2.75, 3.05) is 6.61 Å². The molecule has 2 aliphatic carbocycles. The summed E-state index contributed by atoms with van der Waals surface area (Å²) < 4.78 is 5.06. The van der Waals surface area contributed by atoms with Crippen molar-refractivity contribution in [3.05, 3.63) is 0 Å². The Hall–Kier alpha value is -1.19. The van der Waals surface area contributed by atoms with Crippen LogP contribution in [0, 0.1) is 17.3 Å². The molecule has 0 spiro atoms. The summed E-state index contributed by atoms with van der Waals surface area (Å²) in [6.45, 7) is 3.37. The first-order valence-electron chi connectivity index (χ1n) is 6.57. The fourth-order valence-electron chi connectivity index (χ4n) is 3.67. The second kappa shape index (κ2) is 4.82. The Bertz CT molecular complexity index is 387. The van der Waals surface area contributed by atoms with E-state index >= 15 is 0 Å². The largest absolute Gasteiger partial charge is 0.466 e. The van der Waals surface area contributed by atoms with Crippen LogP contribution in [0.2, 0.25) is 0 Å². The Morgan fingerprint density at radius 3 is 2.67 bits per heavy atom. The van der Waals surface area contributed by atoms with Crippen molar-refractivity contribution >= 4 is 17.5 Å². The molecule has 3 unspecified atom stereocenters. The highest BCUT2D eigenvalue weighted by molar-refractivity contribution is 5.91. The third-order valence-corrected chi connectivity index (χ3v) is 4.35. The maximum absolute atomic E-state index is 11.9. The van der Waals surface area contributed by atoms with Gasteiger partial charge in [0.2, 0.25) is 0 Å². The molecule has 2 bridgehead atoms. The highest BCUT2D eigenvalue weighted by Crippen LogP contribution is 2.50. The van der Waals surface area contributed by atoms with Gasteiger partial charge in [0.15, 0.2) is 0 Å². The number of hydrogen-bond acceptors (Lipinski definition) is 4. The van der Waals surface area contributed by atoms with Crippen molar-refractivity contribution in [1.29, 1.82) is 0 Å². The number of hydrogen-bond donors (Lipinski definition) is 0.